The Morgan fingerprint density at radius 1 is 1.20 bits per heavy atom. The van der Waals surface area contributed by atoms with Gasteiger partial charge < -0.3 is 24.6 Å². The van der Waals surface area contributed by atoms with E-state index in [1.807, 2.05) is 0 Å². The first-order valence-corrected chi connectivity index (χ1v) is 8.25. The van der Waals surface area contributed by atoms with Crippen molar-refractivity contribution in [3.05, 3.63) is 23.9 Å². The van der Waals surface area contributed by atoms with Gasteiger partial charge >= 0.3 is 6.18 Å². The van der Waals surface area contributed by atoms with Crippen molar-refractivity contribution in [3.8, 4) is 5.88 Å². The number of ether oxygens (including phenoxy) is 2. The van der Waals surface area contributed by atoms with Crippen molar-refractivity contribution >= 4 is 0 Å². The van der Waals surface area contributed by atoms with Crippen LogP contribution in [0.5, 0.6) is 5.88 Å². The molecule has 3 heterocycles. The van der Waals surface area contributed by atoms with Gasteiger partial charge in [-0.05, 0) is 32.0 Å². The monoisotopic (exact) mass is 362 g/mol. The van der Waals surface area contributed by atoms with Crippen LogP contribution in [0.1, 0.15) is 18.5 Å². The fourth-order valence-electron chi connectivity index (χ4n) is 3.13. The molecule has 2 aliphatic heterocycles. The molecule has 2 saturated heterocycles. The summed E-state index contributed by atoms with van der Waals surface area (Å²) in [4.78, 5) is 5.55. The van der Waals surface area contributed by atoms with Crippen LogP contribution in [-0.2, 0) is 10.9 Å². The second-order valence-electron chi connectivity index (χ2n) is 6.38. The van der Waals surface area contributed by atoms with Crippen LogP contribution < -0.4 is 4.74 Å². The predicted molar refractivity (Wildman–Crippen MR) is 81.1 cm³/mol. The van der Waals surface area contributed by atoms with Crippen LogP contribution >= 0.6 is 0 Å². The summed E-state index contributed by atoms with van der Waals surface area (Å²) in [6, 6.07) is 3.28. The van der Waals surface area contributed by atoms with E-state index in [4.69, 9.17) is 9.47 Å². The molecule has 9 heteroatoms. The molecule has 0 unspecified atom stereocenters. The third-order valence-electron chi connectivity index (χ3n) is 4.51. The van der Waals surface area contributed by atoms with Gasteiger partial charge in [0.25, 0.3) is 0 Å². The summed E-state index contributed by atoms with van der Waals surface area (Å²) < 4.78 is 49.0. The number of hydrogen-bond acceptors (Lipinski definition) is 6. The largest absolute Gasteiger partial charge is 0.469 e. The molecule has 0 radical (unpaired) electrons. The Balaban J connectivity index is 1.61. The zero-order valence-corrected chi connectivity index (χ0v) is 13.5. The van der Waals surface area contributed by atoms with E-state index < -0.39 is 36.3 Å². The number of halogens is 3. The van der Waals surface area contributed by atoms with Gasteiger partial charge in [0.2, 0.25) is 5.88 Å². The summed E-state index contributed by atoms with van der Waals surface area (Å²) in [6.07, 6.45) is -6.37. The van der Waals surface area contributed by atoms with E-state index in [-0.39, 0.29) is 12.5 Å². The number of rotatable bonds is 4. The molecule has 140 valence electrons. The van der Waals surface area contributed by atoms with Crippen molar-refractivity contribution in [2.45, 2.75) is 43.4 Å². The SMILES string of the molecule is O[C@@H]1[C@H](O)[C@@H](Oc2cccc(C(F)(F)F)n2)CO[C@@H]1CN1CCCC1. The fourth-order valence-corrected chi connectivity index (χ4v) is 3.13. The van der Waals surface area contributed by atoms with E-state index in [0.717, 1.165) is 32.0 Å². The van der Waals surface area contributed by atoms with Gasteiger partial charge in [0.05, 0.1) is 12.7 Å². The van der Waals surface area contributed by atoms with E-state index in [2.05, 4.69) is 9.88 Å². The zero-order valence-electron chi connectivity index (χ0n) is 13.5. The molecule has 2 fully saturated rings. The molecule has 2 N–H and O–H groups in total. The number of likely N-dealkylation sites (tertiary alicyclic amines) is 1. The first-order chi connectivity index (χ1) is 11.8. The summed E-state index contributed by atoms with van der Waals surface area (Å²) >= 11 is 0. The van der Waals surface area contributed by atoms with Gasteiger partial charge in [-0.15, -0.1) is 0 Å². The Hall–Kier alpha value is -1.42. The number of hydrogen-bond donors (Lipinski definition) is 2. The first-order valence-electron chi connectivity index (χ1n) is 8.25. The molecule has 0 spiro atoms. The molecule has 2 aliphatic rings. The lowest BCUT2D eigenvalue weighted by Gasteiger charge is -2.38. The van der Waals surface area contributed by atoms with Crippen LogP contribution in [0.3, 0.4) is 0 Å². The summed E-state index contributed by atoms with van der Waals surface area (Å²) in [5.41, 5.74) is -1.08. The van der Waals surface area contributed by atoms with Gasteiger partial charge in [0.15, 0.2) is 6.10 Å². The Bertz CT molecular complexity index is 581. The molecule has 0 amide bonds. The van der Waals surface area contributed by atoms with Crippen LogP contribution in [0, 0.1) is 0 Å². The maximum absolute atomic E-state index is 12.7. The summed E-state index contributed by atoms with van der Waals surface area (Å²) in [5.74, 6) is -0.271. The Morgan fingerprint density at radius 2 is 1.92 bits per heavy atom. The second-order valence-corrected chi connectivity index (χ2v) is 6.38. The Morgan fingerprint density at radius 3 is 2.60 bits per heavy atom. The van der Waals surface area contributed by atoms with Crippen molar-refractivity contribution in [3.63, 3.8) is 0 Å². The average molecular weight is 362 g/mol. The molecule has 1 aromatic heterocycles. The van der Waals surface area contributed by atoms with E-state index in [0.29, 0.717) is 6.54 Å². The maximum atomic E-state index is 12.7. The standard InChI is InChI=1S/C16H21F3N2O4/c17-16(18,19)12-4-3-5-13(20-12)25-11-9-24-10(14(22)15(11)23)8-21-6-1-2-7-21/h3-5,10-11,14-15,22-23H,1-2,6-9H2/t10-,11+,14+,15-/m1/s1. The van der Waals surface area contributed by atoms with Crippen LogP contribution in [0.15, 0.2) is 18.2 Å². The Kier molecular flexibility index (Phi) is 5.47. The van der Waals surface area contributed by atoms with Crippen molar-refractivity contribution < 1.29 is 32.9 Å². The molecule has 0 aliphatic carbocycles. The van der Waals surface area contributed by atoms with Crippen molar-refractivity contribution in [1.82, 2.24) is 9.88 Å². The van der Waals surface area contributed by atoms with E-state index in [9.17, 15) is 23.4 Å². The van der Waals surface area contributed by atoms with Gasteiger partial charge in [0.1, 0.15) is 17.9 Å². The lowest BCUT2D eigenvalue weighted by Crippen LogP contribution is -2.57. The molecule has 4 atom stereocenters. The molecule has 0 bridgehead atoms. The zero-order chi connectivity index (χ0) is 18.0. The summed E-state index contributed by atoms with van der Waals surface area (Å²) in [7, 11) is 0. The smallest absolute Gasteiger partial charge is 0.433 e. The third kappa shape index (κ3) is 4.41. The van der Waals surface area contributed by atoms with Gasteiger partial charge in [0, 0.05) is 12.6 Å². The van der Waals surface area contributed by atoms with E-state index in [1.54, 1.807) is 0 Å². The highest BCUT2D eigenvalue weighted by Gasteiger charge is 2.41. The quantitative estimate of drug-likeness (QED) is 0.835. The molecular formula is C16H21F3N2O4. The highest BCUT2D eigenvalue weighted by molar-refractivity contribution is 5.18. The topological polar surface area (TPSA) is 75.0 Å². The van der Waals surface area contributed by atoms with Gasteiger partial charge in [-0.2, -0.15) is 13.2 Å². The van der Waals surface area contributed by atoms with Crippen LogP contribution in [-0.4, -0.2) is 70.8 Å². The predicted octanol–water partition coefficient (Wildman–Crippen LogP) is 1.06. The molecule has 25 heavy (non-hydrogen) atoms. The molecular weight excluding hydrogens is 341 g/mol. The number of pyridine rings is 1. The average Bonchev–Trinajstić information content (AvgIpc) is 3.07. The van der Waals surface area contributed by atoms with Gasteiger partial charge in [-0.3, -0.25) is 0 Å². The van der Waals surface area contributed by atoms with E-state index >= 15 is 0 Å². The second kappa shape index (κ2) is 7.45. The fraction of sp³-hybridized carbons (Fsp3) is 0.688. The van der Waals surface area contributed by atoms with Crippen LogP contribution in [0.2, 0.25) is 0 Å². The van der Waals surface area contributed by atoms with Crippen LogP contribution in [0.25, 0.3) is 0 Å². The van der Waals surface area contributed by atoms with Gasteiger partial charge in [-0.1, -0.05) is 6.07 Å². The molecule has 1 aromatic rings. The minimum Gasteiger partial charge on any atom is -0.469 e. The van der Waals surface area contributed by atoms with Crippen molar-refractivity contribution in [1.29, 1.82) is 0 Å². The van der Waals surface area contributed by atoms with Crippen molar-refractivity contribution in [2.75, 3.05) is 26.2 Å². The van der Waals surface area contributed by atoms with Crippen LogP contribution in [0.4, 0.5) is 13.2 Å². The summed E-state index contributed by atoms with van der Waals surface area (Å²) in [6.45, 7) is 2.33. The number of aromatic nitrogens is 1. The first kappa shape index (κ1) is 18.4. The number of alkyl halides is 3. The number of nitrogens with zero attached hydrogens (tertiary/aromatic N) is 2. The third-order valence-corrected chi connectivity index (χ3v) is 4.51. The number of aliphatic hydroxyl groups excluding tert-OH is 2. The van der Waals surface area contributed by atoms with Gasteiger partial charge in [-0.25, -0.2) is 4.98 Å². The highest BCUT2D eigenvalue weighted by atomic mass is 19.4. The highest BCUT2D eigenvalue weighted by Crippen LogP contribution is 2.29. The minimum atomic E-state index is -4.58. The lowest BCUT2D eigenvalue weighted by molar-refractivity contribution is -0.184. The number of aliphatic hydroxyl groups is 2. The molecule has 6 nitrogen and oxygen atoms in total. The summed E-state index contributed by atoms with van der Waals surface area (Å²) in [5, 5.41) is 20.5. The molecule has 3 rings (SSSR count). The molecule has 0 aromatic carbocycles. The maximum Gasteiger partial charge on any atom is 0.433 e. The van der Waals surface area contributed by atoms with Crippen molar-refractivity contribution in [2.24, 2.45) is 0 Å². The Labute approximate surface area is 143 Å². The normalized spacial score (nSPS) is 31.2. The molecule has 0 saturated carbocycles. The van der Waals surface area contributed by atoms with E-state index in [1.165, 1.54) is 12.1 Å². The minimum absolute atomic E-state index is 0.0331. The lowest BCUT2D eigenvalue weighted by atomic mass is 9.99.